The van der Waals surface area contributed by atoms with E-state index in [4.69, 9.17) is 9.15 Å². The Labute approximate surface area is 159 Å². The van der Waals surface area contributed by atoms with Gasteiger partial charge in [-0.3, -0.25) is 4.57 Å². The van der Waals surface area contributed by atoms with E-state index in [1.54, 1.807) is 10.8 Å². The van der Waals surface area contributed by atoms with Gasteiger partial charge in [-0.2, -0.15) is 0 Å². The molecule has 1 saturated heterocycles. The van der Waals surface area contributed by atoms with Gasteiger partial charge in [-0.05, 0) is 30.9 Å². The molecule has 4 heterocycles. The maximum absolute atomic E-state index is 10.3. The van der Waals surface area contributed by atoms with Gasteiger partial charge in [0.25, 0.3) is 0 Å². The van der Waals surface area contributed by atoms with Crippen LogP contribution < -0.4 is 5.32 Å². The molecule has 4 N–H and O–H groups in total. The maximum Gasteiger partial charge on any atom is 0.167 e. The molecule has 1 saturated carbocycles. The van der Waals surface area contributed by atoms with Crippen molar-refractivity contribution in [1.82, 2.24) is 19.5 Å². The molecule has 5 atom stereocenters. The normalized spacial score (nSPS) is 28.7. The number of aromatic nitrogens is 4. The van der Waals surface area contributed by atoms with Crippen LogP contribution in [0.1, 0.15) is 30.9 Å². The molecule has 0 radical (unpaired) electrons. The standard InChI is InChI=1S/C18H21N5O5/c24-6-11-14(25)15(26)18(28-11)23-8-21-13-16(19-7-20-17(13)23)22-12(9-3-4-9)10-2-1-5-27-10/h1-2,5,7-9,11-12,14-15,18,24-26H,3-4,6H2,(H,19,20,22)/t11-,12?,14?,15?,18-/m1/s1. The fourth-order valence-corrected chi connectivity index (χ4v) is 3.72. The van der Waals surface area contributed by atoms with E-state index in [-0.39, 0.29) is 6.04 Å². The lowest BCUT2D eigenvalue weighted by Crippen LogP contribution is -2.33. The van der Waals surface area contributed by atoms with Crippen LogP contribution in [0.5, 0.6) is 0 Å². The molecule has 3 unspecified atom stereocenters. The Bertz CT molecular complexity index is 957. The van der Waals surface area contributed by atoms with Gasteiger partial charge in [0.1, 0.15) is 30.4 Å². The monoisotopic (exact) mass is 387 g/mol. The molecule has 0 amide bonds. The van der Waals surface area contributed by atoms with Gasteiger partial charge < -0.3 is 29.8 Å². The van der Waals surface area contributed by atoms with Crippen LogP contribution >= 0.6 is 0 Å². The van der Waals surface area contributed by atoms with Crippen molar-refractivity contribution >= 4 is 17.0 Å². The summed E-state index contributed by atoms with van der Waals surface area (Å²) in [6, 6.07) is 3.79. The van der Waals surface area contributed by atoms with E-state index in [1.807, 2.05) is 12.1 Å². The molecule has 28 heavy (non-hydrogen) atoms. The maximum atomic E-state index is 10.3. The van der Waals surface area contributed by atoms with E-state index >= 15 is 0 Å². The number of ether oxygens (including phenoxy) is 1. The number of anilines is 1. The van der Waals surface area contributed by atoms with Crippen LogP contribution in [-0.2, 0) is 4.74 Å². The van der Waals surface area contributed by atoms with Crippen LogP contribution in [0.25, 0.3) is 11.2 Å². The summed E-state index contributed by atoms with van der Waals surface area (Å²) in [6.07, 6.45) is 2.62. The van der Waals surface area contributed by atoms with Crippen molar-refractivity contribution in [1.29, 1.82) is 0 Å². The van der Waals surface area contributed by atoms with E-state index in [1.165, 1.54) is 12.7 Å². The van der Waals surface area contributed by atoms with E-state index in [0.717, 1.165) is 18.6 Å². The highest BCUT2D eigenvalue weighted by molar-refractivity contribution is 5.83. The number of hydrogen-bond donors (Lipinski definition) is 4. The lowest BCUT2D eigenvalue weighted by Gasteiger charge is -2.18. The fraction of sp³-hybridized carbons (Fsp3) is 0.500. The van der Waals surface area contributed by atoms with Gasteiger partial charge in [0, 0.05) is 0 Å². The summed E-state index contributed by atoms with van der Waals surface area (Å²) in [5.41, 5.74) is 0.985. The molecule has 0 bridgehead atoms. The third-order valence-corrected chi connectivity index (χ3v) is 5.39. The highest BCUT2D eigenvalue weighted by Gasteiger charge is 2.44. The highest BCUT2D eigenvalue weighted by atomic mass is 16.6. The molecule has 1 aliphatic carbocycles. The summed E-state index contributed by atoms with van der Waals surface area (Å²) in [5, 5.41) is 33.1. The number of imidazole rings is 1. The van der Waals surface area contributed by atoms with Crippen LogP contribution in [-0.4, -0.2) is 59.8 Å². The Balaban J connectivity index is 1.48. The Morgan fingerprint density at radius 2 is 2.07 bits per heavy atom. The topological polar surface area (TPSA) is 139 Å². The molecule has 3 aromatic rings. The summed E-state index contributed by atoms with van der Waals surface area (Å²) in [7, 11) is 0. The van der Waals surface area contributed by atoms with Crippen molar-refractivity contribution in [2.75, 3.05) is 11.9 Å². The average Bonchev–Trinajstić information content (AvgIpc) is 3.11. The second-order valence-corrected chi connectivity index (χ2v) is 7.25. The molecule has 1 aliphatic heterocycles. The molecule has 5 rings (SSSR count). The highest BCUT2D eigenvalue weighted by Crippen LogP contribution is 2.43. The molecule has 3 aromatic heterocycles. The molecule has 148 valence electrons. The van der Waals surface area contributed by atoms with Crippen molar-refractivity contribution in [2.24, 2.45) is 5.92 Å². The van der Waals surface area contributed by atoms with Crippen LogP contribution in [0.2, 0.25) is 0 Å². The molecular weight excluding hydrogens is 366 g/mol. The van der Waals surface area contributed by atoms with Gasteiger partial charge in [0.2, 0.25) is 0 Å². The van der Waals surface area contributed by atoms with Gasteiger partial charge in [-0.1, -0.05) is 0 Å². The second-order valence-electron chi connectivity index (χ2n) is 7.25. The minimum atomic E-state index is -1.21. The molecule has 2 fully saturated rings. The van der Waals surface area contributed by atoms with Crippen molar-refractivity contribution in [2.45, 2.75) is 43.4 Å². The quantitative estimate of drug-likeness (QED) is 0.479. The number of fused-ring (bicyclic) bond motifs is 1. The van der Waals surface area contributed by atoms with E-state index in [2.05, 4.69) is 20.3 Å². The number of hydrogen-bond acceptors (Lipinski definition) is 9. The first-order valence-corrected chi connectivity index (χ1v) is 9.27. The Hall–Kier alpha value is -2.53. The van der Waals surface area contributed by atoms with E-state index in [9.17, 15) is 15.3 Å². The SMILES string of the molecule is OC[C@H]1O[C@@H](n2cnc3c(NC(c4ccco4)C4CC4)ncnc32)C(O)C1O. The number of aliphatic hydroxyl groups excluding tert-OH is 3. The Kier molecular flexibility index (Phi) is 4.27. The largest absolute Gasteiger partial charge is 0.467 e. The molecule has 0 spiro atoms. The fourth-order valence-electron chi connectivity index (χ4n) is 3.72. The summed E-state index contributed by atoms with van der Waals surface area (Å²) < 4.78 is 12.7. The van der Waals surface area contributed by atoms with Crippen LogP contribution in [0.15, 0.2) is 35.5 Å². The minimum Gasteiger partial charge on any atom is -0.467 e. The first-order chi connectivity index (χ1) is 13.7. The third-order valence-electron chi connectivity index (χ3n) is 5.39. The van der Waals surface area contributed by atoms with Crippen LogP contribution in [0, 0.1) is 5.92 Å². The molecular formula is C18H21N5O5. The van der Waals surface area contributed by atoms with Gasteiger partial charge in [0.05, 0.1) is 25.2 Å². The van der Waals surface area contributed by atoms with Gasteiger partial charge in [0.15, 0.2) is 23.2 Å². The van der Waals surface area contributed by atoms with Crippen LogP contribution in [0.3, 0.4) is 0 Å². The Morgan fingerprint density at radius 1 is 1.21 bits per heavy atom. The molecule has 2 aliphatic rings. The van der Waals surface area contributed by atoms with Crippen molar-refractivity contribution in [3.63, 3.8) is 0 Å². The molecule has 0 aromatic carbocycles. The lowest BCUT2D eigenvalue weighted by atomic mass is 10.1. The average molecular weight is 387 g/mol. The van der Waals surface area contributed by atoms with Gasteiger partial charge in [-0.25, -0.2) is 15.0 Å². The number of rotatable bonds is 6. The first-order valence-electron chi connectivity index (χ1n) is 9.27. The van der Waals surface area contributed by atoms with Gasteiger partial charge in [-0.15, -0.1) is 0 Å². The summed E-state index contributed by atoms with van der Waals surface area (Å²) >= 11 is 0. The van der Waals surface area contributed by atoms with Crippen molar-refractivity contribution in [3.8, 4) is 0 Å². The number of aliphatic hydroxyl groups is 3. The van der Waals surface area contributed by atoms with E-state index in [0.29, 0.717) is 22.9 Å². The molecule has 10 heteroatoms. The zero-order valence-corrected chi connectivity index (χ0v) is 14.9. The molecule has 10 nitrogen and oxygen atoms in total. The van der Waals surface area contributed by atoms with E-state index < -0.39 is 31.1 Å². The minimum absolute atomic E-state index is 0.00726. The Morgan fingerprint density at radius 3 is 2.75 bits per heavy atom. The number of nitrogens with one attached hydrogen (secondary N) is 1. The van der Waals surface area contributed by atoms with Crippen LogP contribution in [0.4, 0.5) is 5.82 Å². The summed E-state index contributed by atoms with van der Waals surface area (Å²) in [4.78, 5) is 13.0. The second kappa shape index (κ2) is 6.82. The first kappa shape index (κ1) is 17.6. The summed E-state index contributed by atoms with van der Waals surface area (Å²) in [6.45, 7) is -0.393. The predicted octanol–water partition coefficient (Wildman–Crippen LogP) is 0.594. The third kappa shape index (κ3) is 2.85. The van der Waals surface area contributed by atoms with Crippen molar-refractivity contribution < 1.29 is 24.5 Å². The number of nitrogens with zero attached hydrogens (tertiary/aromatic N) is 4. The lowest BCUT2D eigenvalue weighted by molar-refractivity contribution is -0.0511. The smallest absolute Gasteiger partial charge is 0.167 e. The van der Waals surface area contributed by atoms with Crippen molar-refractivity contribution in [3.05, 3.63) is 36.8 Å². The van der Waals surface area contributed by atoms with Gasteiger partial charge >= 0.3 is 0 Å². The number of furan rings is 1. The zero-order valence-electron chi connectivity index (χ0n) is 14.9. The zero-order chi connectivity index (χ0) is 19.3. The predicted molar refractivity (Wildman–Crippen MR) is 96.1 cm³/mol. The summed E-state index contributed by atoms with van der Waals surface area (Å²) in [5.74, 6) is 1.87.